The molecule has 0 unspecified atom stereocenters. The molecule has 26 heavy (non-hydrogen) atoms. The average Bonchev–Trinajstić information content (AvgIpc) is 3.16. The van der Waals surface area contributed by atoms with Gasteiger partial charge in [0.25, 0.3) is 0 Å². The van der Waals surface area contributed by atoms with Crippen molar-refractivity contribution < 1.29 is 0 Å². The van der Waals surface area contributed by atoms with Gasteiger partial charge < -0.3 is 11.1 Å². The molecule has 2 atom stereocenters. The Morgan fingerprint density at radius 1 is 1.23 bits per heavy atom. The quantitative estimate of drug-likeness (QED) is 0.753. The lowest BCUT2D eigenvalue weighted by Gasteiger charge is -2.13. The third-order valence-corrected chi connectivity index (χ3v) is 5.18. The van der Waals surface area contributed by atoms with Crippen molar-refractivity contribution >= 4 is 16.9 Å². The summed E-state index contributed by atoms with van der Waals surface area (Å²) in [6.07, 6.45) is 4.94. The van der Waals surface area contributed by atoms with Crippen molar-refractivity contribution in [2.75, 3.05) is 5.32 Å². The molecule has 3 aromatic rings. The molecule has 0 spiro atoms. The summed E-state index contributed by atoms with van der Waals surface area (Å²) in [5.74, 6) is 1.09. The van der Waals surface area contributed by atoms with Crippen LogP contribution in [0.1, 0.15) is 44.7 Å². The van der Waals surface area contributed by atoms with Gasteiger partial charge in [-0.05, 0) is 43.4 Å². The van der Waals surface area contributed by atoms with E-state index in [0.717, 1.165) is 36.0 Å². The molecule has 0 radical (unpaired) electrons. The van der Waals surface area contributed by atoms with Crippen LogP contribution in [0.15, 0.2) is 30.5 Å². The number of nitrogens with two attached hydrogens (primary N) is 1. The predicted molar refractivity (Wildman–Crippen MR) is 105 cm³/mol. The fourth-order valence-electron chi connectivity index (χ4n) is 3.98. The van der Waals surface area contributed by atoms with Crippen molar-refractivity contribution in [3.05, 3.63) is 36.2 Å². The number of rotatable bonds is 4. The fourth-order valence-corrected chi connectivity index (χ4v) is 3.98. The van der Waals surface area contributed by atoms with Gasteiger partial charge in [0.1, 0.15) is 0 Å². The second-order valence-electron chi connectivity index (χ2n) is 7.58. The molecule has 0 aliphatic heterocycles. The van der Waals surface area contributed by atoms with Crippen LogP contribution in [0.4, 0.5) is 5.95 Å². The zero-order chi connectivity index (χ0) is 18.3. The first-order valence-corrected chi connectivity index (χ1v) is 9.33. The average molecular weight is 350 g/mol. The molecule has 1 fully saturated rings. The van der Waals surface area contributed by atoms with Gasteiger partial charge in [-0.1, -0.05) is 19.9 Å². The number of nitrogens with zero attached hydrogens (tertiary/aromatic N) is 4. The van der Waals surface area contributed by atoms with E-state index >= 15 is 0 Å². The van der Waals surface area contributed by atoms with Crippen LogP contribution in [0.2, 0.25) is 0 Å². The van der Waals surface area contributed by atoms with Crippen LogP contribution in [0.25, 0.3) is 22.2 Å². The first-order chi connectivity index (χ1) is 12.5. The van der Waals surface area contributed by atoms with Gasteiger partial charge in [-0.2, -0.15) is 5.10 Å². The van der Waals surface area contributed by atoms with E-state index in [-0.39, 0.29) is 6.04 Å². The molecule has 1 aliphatic carbocycles. The van der Waals surface area contributed by atoms with E-state index in [1.807, 2.05) is 24.0 Å². The molecule has 0 saturated heterocycles. The molecular weight excluding hydrogens is 324 g/mol. The number of anilines is 1. The number of hydrogen-bond donors (Lipinski definition) is 2. The standard InChI is InChI=1S/C20H26N6/c1-12(2)19-16-10-13(4-7-18(16)25-26(19)3)17-8-9-22-20(24-17)23-15-6-5-14(21)11-15/h4,7-10,12,14-15H,5-6,11,21H2,1-3H3,(H,22,23,24)/t14-,15+/m0/s1. The van der Waals surface area contributed by atoms with E-state index < -0.39 is 0 Å². The molecule has 1 aromatic carbocycles. The fraction of sp³-hybridized carbons (Fsp3) is 0.450. The normalized spacial score (nSPS) is 20.2. The van der Waals surface area contributed by atoms with Crippen LogP contribution in [0.3, 0.4) is 0 Å². The van der Waals surface area contributed by atoms with Crippen LogP contribution >= 0.6 is 0 Å². The molecule has 2 aromatic heterocycles. The highest BCUT2D eigenvalue weighted by molar-refractivity contribution is 5.86. The molecule has 6 nitrogen and oxygen atoms in total. The van der Waals surface area contributed by atoms with Gasteiger partial charge in [0.05, 0.1) is 11.2 Å². The van der Waals surface area contributed by atoms with Crippen LogP contribution in [0, 0.1) is 0 Å². The summed E-state index contributed by atoms with van der Waals surface area (Å²) >= 11 is 0. The van der Waals surface area contributed by atoms with Crippen LogP contribution in [0.5, 0.6) is 0 Å². The Hall–Kier alpha value is -2.47. The molecule has 1 aliphatic rings. The third kappa shape index (κ3) is 3.17. The molecule has 4 rings (SSSR count). The number of benzene rings is 1. The van der Waals surface area contributed by atoms with Crippen LogP contribution < -0.4 is 11.1 Å². The Morgan fingerprint density at radius 2 is 2.08 bits per heavy atom. The Bertz CT molecular complexity index is 929. The zero-order valence-electron chi connectivity index (χ0n) is 15.6. The van der Waals surface area contributed by atoms with Crippen molar-refractivity contribution in [1.82, 2.24) is 19.7 Å². The molecule has 1 saturated carbocycles. The molecule has 2 heterocycles. The van der Waals surface area contributed by atoms with Gasteiger partial charge in [-0.3, -0.25) is 4.68 Å². The Morgan fingerprint density at radius 3 is 2.81 bits per heavy atom. The van der Waals surface area contributed by atoms with Crippen LogP contribution in [-0.2, 0) is 7.05 Å². The van der Waals surface area contributed by atoms with Gasteiger partial charge in [-0.25, -0.2) is 9.97 Å². The number of nitrogens with one attached hydrogen (secondary N) is 1. The second-order valence-corrected chi connectivity index (χ2v) is 7.58. The van der Waals surface area contributed by atoms with E-state index in [2.05, 4.69) is 47.4 Å². The van der Waals surface area contributed by atoms with Crippen molar-refractivity contribution in [3.8, 4) is 11.3 Å². The number of aromatic nitrogens is 4. The maximum absolute atomic E-state index is 6.00. The van der Waals surface area contributed by atoms with E-state index in [9.17, 15) is 0 Å². The Balaban J connectivity index is 1.67. The van der Waals surface area contributed by atoms with Crippen molar-refractivity contribution in [2.24, 2.45) is 12.8 Å². The number of hydrogen-bond acceptors (Lipinski definition) is 5. The molecule has 136 valence electrons. The first-order valence-electron chi connectivity index (χ1n) is 9.33. The summed E-state index contributed by atoms with van der Waals surface area (Å²) in [4.78, 5) is 9.12. The zero-order valence-corrected chi connectivity index (χ0v) is 15.6. The predicted octanol–water partition coefficient (Wildman–Crippen LogP) is 3.45. The molecule has 0 bridgehead atoms. The van der Waals surface area contributed by atoms with Gasteiger partial charge in [-0.15, -0.1) is 0 Å². The van der Waals surface area contributed by atoms with E-state index in [1.54, 1.807) is 0 Å². The summed E-state index contributed by atoms with van der Waals surface area (Å²) in [5, 5.41) is 9.25. The number of aryl methyl sites for hydroxylation is 1. The number of fused-ring (bicyclic) bond motifs is 1. The van der Waals surface area contributed by atoms with Gasteiger partial charge >= 0.3 is 0 Å². The maximum Gasteiger partial charge on any atom is 0.223 e. The maximum atomic E-state index is 6.00. The summed E-state index contributed by atoms with van der Waals surface area (Å²) in [6, 6.07) is 8.96. The largest absolute Gasteiger partial charge is 0.351 e. The SMILES string of the molecule is CC(C)c1c2cc(-c3ccnc(N[C@@H]4CC[C@H](N)C4)n3)ccc2nn1C. The molecule has 6 heteroatoms. The lowest BCUT2D eigenvalue weighted by atomic mass is 10.0. The highest BCUT2D eigenvalue weighted by atomic mass is 15.3. The third-order valence-electron chi connectivity index (χ3n) is 5.18. The summed E-state index contributed by atoms with van der Waals surface area (Å²) in [5.41, 5.74) is 10.3. The smallest absolute Gasteiger partial charge is 0.223 e. The second kappa shape index (κ2) is 6.68. The minimum Gasteiger partial charge on any atom is -0.351 e. The van der Waals surface area contributed by atoms with Gasteiger partial charge in [0, 0.05) is 42.0 Å². The van der Waals surface area contributed by atoms with Crippen LogP contribution in [-0.4, -0.2) is 31.8 Å². The monoisotopic (exact) mass is 350 g/mol. The molecule has 0 amide bonds. The lowest BCUT2D eigenvalue weighted by Crippen LogP contribution is -2.21. The Labute approximate surface area is 153 Å². The van der Waals surface area contributed by atoms with E-state index in [4.69, 9.17) is 10.7 Å². The highest BCUT2D eigenvalue weighted by Gasteiger charge is 2.22. The summed E-state index contributed by atoms with van der Waals surface area (Å²) < 4.78 is 1.98. The van der Waals surface area contributed by atoms with Gasteiger partial charge in [0.15, 0.2) is 0 Å². The van der Waals surface area contributed by atoms with E-state index in [0.29, 0.717) is 17.9 Å². The lowest BCUT2D eigenvalue weighted by molar-refractivity contribution is 0.677. The summed E-state index contributed by atoms with van der Waals surface area (Å²) in [6.45, 7) is 4.39. The molecule has 3 N–H and O–H groups in total. The topological polar surface area (TPSA) is 81.7 Å². The first kappa shape index (κ1) is 17.0. The Kier molecular flexibility index (Phi) is 4.36. The van der Waals surface area contributed by atoms with Crippen molar-refractivity contribution in [2.45, 2.75) is 51.1 Å². The minimum absolute atomic E-state index is 0.290. The van der Waals surface area contributed by atoms with Gasteiger partial charge in [0.2, 0.25) is 5.95 Å². The summed E-state index contributed by atoms with van der Waals surface area (Å²) in [7, 11) is 2.01. The minimum atomic E-state index is 0.290. The highest BCUT2D eigenvalue weighted by Crippen LogP contribution is 2.29. The van der Waals surface area contributed by atoms with E-state index in [1.165, 1.54) is 11.1 Å². The van der Waals surface area contributed by atoms with Crippen molar-refractivity contribution in [3.63, 3.8) is 0 Å². The van der Waals surface area contributed by atoms with Crippen molar-refractivity contribution in [1.29, 1.82) is 0 Å². The molecular formula is C20H26N6.